The van der Waals surface area contributed by atoms with Gasteiger partial charge in [0, 0.05) is 12.8 Å². The molecule has 1 aliphatic rings. The third kappa shape index (κ3) is 17.1. The molecule has 0 saturated heterocycles. The number of hydrogen-bond acceptors (Lipinski definition) is 12. The quantitative estimate of drug-likeness (QED) is 0.145. The number of ether oxygens (including phenoxy) is 1. The van der Waals surface area contributed by atoms with Gasteiger partial charge in [0.15, 0.2) is 0 Å². The molecule has 0 spiro atoms. The first-order valence-corrected chi connectivity index (χ1v) is 16.5. The zero-order chi connectivity index (χ0) is 35.5. The van der Waals surface area contributed by atoms with Crippen molar-refractivity contribution >= 4 is 5.97 Å². The lowest BCUT2D eigenvalue weighted by molar-refractivity contribution is -0.168. The van der Waals surface area contributed by atoms with Crippen molar-refractivity contribution in [3.05, 3.63) is 60.3 Å². The lowest BCUT2D eigenvalue weighted by Gasteiger charge is -2.30. The van der Waals surface area contributed by atoms with Gasteiger partial charge in [-0.2, -0.15) is 0 Å². The van der Waals surface area contributed by atoms with Crippen molar-refractivity contribution in [3.63, 3.8) is 0 Å². The maximum Gasteiger partial charge on any atom is 0.314 e. The van der Waals surface area contributed by atoms with Crippen LogP contribution in [0.5, 0.6) is 0 Å². The number of cyclic esters (lactones) is 1. The molecule has 0 bridgehead atoms. The van der Waals surface area contributed by atoms with Gasteiger partial charge in [0.1, 0.15) is 30.3 Å². The maximum atomic E-state index is 13.1. The first-order valence-electron chi connectivity index (χ1n) is 16.5. The van der Waals surface area contributed by atoms with Gasteiger partial charge in [-0.3, -0.25) is 4.79 Å². The smallest absolute Gasteiger partial charge is 0.314 e. The molecule has 270 valence electrons. The minimum atomic E-state index is -1.61. The molecule has 0 amide bonds. The number of hydrogen-bond donors (Lipinski definition) is 10. The molecular weight excluding hydrogens is 612 g/mol. The normalized spacial score (nSPS) is 39.0. The number of esters is 1. The molecule has 0 aromatic heterocycles. The lowest BCUT2D eigenvalue weighted by atomic mass is 9.87. The fourth-order valence-corrected chi connectivity index (χ4v) is 5.30. The highest BCUT2D eigenvalue weighted by molar-refractivity contribution is 5.74. The summed E-state index contributed by atoms with van der Waals surface area (Å²) in [5.41, 5.74) is 0.357. The fourth-order valence-electron chi connectivity index (χ4n) is 5.30. The van der Waals surface area contributed by atoms with Crippen LogP contribution in [0.4, 0.5) is 0 Å². The highest BCUT2D eigenvalue weighted by Gasteiger charge is 2.37. The van der Waals surface area contributed by atoms with Crippen molar-refractivity contribution in [1.82, 2.24) is 0 Å². The second-order valence-corrected chi connectivity index (χ2v) is 12.5. The fraction of sp³-hybridized carbons (Fsp3) is 0.686. The summed E-state index contributed by atoms with van der Waals surface area (Å²) in [6.45, 7) is 5.00. The van der Waals surface area contributed by atoms with Crippen molar-refractivity contribution < 1.29 is 60.6 Å². The molecule has 0 radical (unpaired) electrons. The molecule has 1 heterocycles. The van der Waals surface area contributed by atoms with Gasteiger partial charge in [-0.25, -0.2) is 0 Å². The molecule has 12 nitrogen and oxygen atoms in total. The summed E-state index contributed by atoms with van der Waals surface area (Å²) in [4.78, 5) is 13.1. The Morgan fingerprint density at radius 2 is 1.21 bits per heavy atom. The van der Waals surface area contributed by atoms with Gasteiger partial charge in [-0.1, -0.05) is 80.9 Å². The minimum absolute atomic E-state index is 0.197. The summed E-state index contributed by atoms with van der Waals surface area (Å²) in [5.74, 6) is -2.37. The third-order valence-corrected chi connectivity index (χ3v) is 8.17. The molecule has 1 unspecified atom stereocenters. The molecule has 12 atom stereocenters. The van der Waals surface area contributed by atoms with Crippen LogP contribution in [0.15, 0.2) is 60.3 Å². The summed E-state index contributed by atoms with van der Waals surface area (Å²) >= 11 is 0. The highest BCUT2D eigenvalue weighted by atomic mass is 16.6. The Bertz CT molecular complexity index is 1020. The van der Waals surface area contributed by atoms with Crippen molar-refractivity contribution in [2.24, 2.45) is 5.92 Å². The van der Waals surface area contributed by atoms with Crippen LogP contribution in [0.25, 0.3) is 0 Å². The zero-order valence-electron chi connectivity index (χ0n) is 27.8. The van der Waals surface area contributed by atoms with E-state index < -0.39 is 85.5 Å². The van der Waals surface area contributed by atoms with Crippen LogP contribution in [-0.2, 0) is 9.53 Å². The summed E-state index contributed by atoms with van der Waals surface area (Å²) in [6, 6.07) is 0. The molecule has 47 heavy (non-hydrogen) atoms. The van der Waals surface area contributed by atoms with Crippen LogP contribution in [0.2, 0.25) is 0 Å². The van der Waals surface area contributed by atoms with Gasteiger partial charge in [-0.15, -0.1) is 0 Å². The third-order valence-electron chi connectivity index (χ3n) is 8.17. The van der Waals surface area contributed by atoms with Crippen LogP contribution >= 0.6 is 0 Å². The van der Waals surface area contributed by atoms with Gasteiger partial charge in [0.05, 0.1) is 42.7 Å². The number of carbonyl (C=O) groups excluding carboxylic acids is 1. The standard InChI is InChI=1S/C35H58O12/c1-4-5-11-16-29(41)32-30(42)20-26(38)18-24(36)17-25(37)19-27(39)21-31(43)34(45)33(44)22(2)14-12-9-7-6-8-10-13-15-28(40)23(3)47-35(32)46/h6-10,12-15,23-34,36-45H,4-5,11,16-21H2,1-3H3/b7-6+,10-8+,12-9+,15-13?,22-14-/t23-,24+,25-,26+,27-,28+,29-,30+,31-,32?,33-,34-/m1/s1. The number of rotatable bonds is 5. The van der Waals surface area contributed by atoms with Gasteiger partial charge < -0.3 is 55.8 Å². The molecule has 0 aliphatic carbocycles. The molecule has 12 heteroatoms. The highest BCUT2D eigenvalue weighted by Crippen LogP contribution is 2.24. The molecule has 0 saturated carbocycles. The molecule has 0 aromatic carbocycles. The van der Waals surface area contributed by atoms with E-state index in [9.17, 15) is 55.9 Å². The van der Waals surface area contributed by atoms with Gasteiger partial charge in [-0.05, 0) is 45.1 Å². The van der Waals surface area contributed by atoms with E-state index in [-0.39, 0.29) is 32.1 Å². The Labute approximate surface area is 278 Å². The van der Waals surface area contributed by atoms with Crippen LogP contribution in [0.1, 0.15) is 78.6 Å². The monoisotopic (exact) mass is 670 g/mol. The SMILES string of the molecule is CCCCC[C@@H](O)C1C(=O)O[C@H](C)[C@@H](O)C=C/C=C/C=C/C=C/C=C(/C)[C@@H](O)[C@H](O)[C@H](O)C[C@H](O)C[C@H](O)C[C@H](O)C[C@H](O)C[C@@H]1O. The predicted molar refractivity (Wildman–Crippen MR) is 177 cm³/mol. The molecular formula is C35H58O12. The minimum Gasteiger partial charge on any atom is -0.459 e. The Hall–Kier alpha value is -2.23. The number of aliphatic hydroxyl groups is 10. The average Bonchev–Trinajstić information content (AvgIpc) is 2.98. The molecule has 0 fully saturated rings. The van der Waals surface area contributed by atoms with Gasteiger partial charge in [0.2, 0.25) is 0 Å². The van der Waals surface area contributed by atoms with E-state index >= 15 is 0 Å². The van der Waals surface area contributed by atoms with Gasteiger partial charge >= 0.3 is 5.97 Å². The van der Waals surface area contributed by atoms with Crippen molar-refractivity contribution in [1.29, 1.82) is 0 Å². The van der Waals surface area contributed by atoms with Gasteiger partial charge in [0.25, 0.3) is 0 Å². The molecule has 10 N–H and O–H groups in total. The summed E-state index contributed by atoms with van der Waals surface area (Å²) in [5, 5.41) is 105. The molecule has 1 rings (SSSR count). The van der Waals surface area contributed by atoms with Crippen LogP contribution in [-0.4, -0.2) is 124 Å². The Kier molecular flexibility index (Phi) is 21.1. The average molecular weight is 671 g/mol. The lowest BCUT2D eigenvalue weighted by Crippen LogP contribution is -2.43. The number of unbranched alkanes of at least 4 members (excludes halogenated alkanes) is 2. The van der Waals surface area contributed by atoms with E-state index in [1.807, 2.05) is 6.92 Å². The Balaban J connectivity index is 3.19. The van der Waals surface area contributed by atoms with Crippen molar-refractivity contribution in [2.75, 3.05) is 0 Å². The van der Waals surface area contributed by atoms with E-state index in [1.165, 1.54) is 13.0 Å². The molecule has 1 aliphatic heterocycles. The van der Waals surface area contributed by atoms with Crippen LogP contribution in [0, 0.1) is 5.92 Å². The summed E-state index contributed by atoms with van der Waals surface area (Å²) in [7, 11) is 0. The zero-order valence-corrected chi connectivity index (χ0v) is 27.8. The number of allylic oxidation sites excluding steroid dienone is 8. The summed E-state index contributed by atoms with van der Waals surface area (Å²) < 4.78 is 5.41. The second kappa shape index (κ2) is 23.2. The second-order valence-electron chi connectivity index (χ2n) is 12.5. The number of carbonyl (C=O) groups is 1. The van der Waals surface area contributed by atoms with E-state index in [0.29, 0.717) is 12.0 Å². The first-order chi connectivity index (χ1) is 22.2. The van der Waals surface area contributed by atoms with Crippen LogP contribution < -0.4 is 0 Å². The largest absolute Gasteiger partial charge is 0.459 e. The van der Waals surface area contributed by atoms with E-state index in [1.54, 1.807) is 55.5 Å². The predicted octanol–water partition coefficient (Wildman–Crippen LogP) is 0.859. The maximum absolute atomic E-state index is 13.1. The Morgan fingerprint density at radius 1 is 0.723 bits per heavy atom. The Morgan fingerprint density at radius 3 is 1.77 bits per heavy atom. The van der Waals surface area contributed by atoms with Crippen molar-refractivity contribution in [2.45, 2.75) is 146 Å². The van der Waals surface area contributed by atoms with E-state index in [0.717, 1.165) is 12.8 Å². The van der Waals surface area contributed by atoms with Crippen LogP contribution in [0.3, 0.4) is 0 Å². The first kappa shape index (κ1) is 42.8. The van der Waals surface area contributed by atoms with E-state index in [2.05, 4.69) is 0 Å². The van der Waals surface area contributed by atoms with Crippen molar-refractivity contribution in [3.8, 4) is 0 Å². The molecule has 0 aromatic rings. The topological polar surface area (TPSA) is 229 Å². The summed E-state index contributed by atoms with van der Waals surface area (Å²) in [6.07, 6.45) is 0.559. The van der Waals surface area contributed by atoms with E-state index in [4.69, 9.17) is 4.74 Å². The number of aliphatic hydroxyl groups excluding tert-OH is 10.